The third kappa shape index (κ3) is 4.74. The number of aliphatic hydroxyl groups is 1. The number of nitrogens with zero attached hydrogens (tertiary/aromatic N) is 4. The molecule has 0 spiro atoms. The molecule has 2 N–H and O–H groups in total. The number of fused-ring (bicyclic) bond motifs is 1. The Kier molecular flexibility index (Phi) is 6.60. The van der Waals surface area contributed by atoms with E-state index in [0.29, 0.717) is 11.5 Å². The minimum Gasteiger partial charge on any atom is -0.396 e. The van der Waals surface area contributed by atoms with E-state index in [-0.39, 0.29) is 11.6 Å². The van der Waals surface area contributed by atoms with Crippen LogP contribution in [-0.2, 0) is 6.54 Å². The van der Waals surface area contributed by atoms with Gasteiger partial charge in [0.1, 0.15) is 17.7 Å². The van der Waals surface area contributed by atoms with Gasteiger partial charge >= 0.3 is 0 Å². The summed E-state index contributed by atoms with van der Waals surface area (Å²) < 4.78 is 15.2. The molecule has 2 heterocycles. The predicted octanol–water partition coefficient (Wildman–Crippen LogP) is 3.86. The van der Waals surface area contributed by atoms with E-state index in [0.717, 1.165) is 43.6 Å². The largest absolute Gasteiger partial charge is 0.396 e. The summed E-state index contributed by atoms with van der Waals surface area (Å²) in [5.41, 5.74) is 2.60. The standard InChI is InChI=1S/C19H23ClFN5O/c1-2-7-25(8-3-10-27)12-14-6-9-26-18(14)19(22-13-23-26)24-15-4-5-17(21)16(20)11-15/h4-6,9,11,13,27H,2-3,7-8,10,12H2,1H3,(H,22,23,24). The zero-order valence-corrected chi connectivity index (χ0v) is 16.0. The van der Waals surface area contributed by atoms with Gasteiger partial charge in [-0.15, -0.1) is 0 Å². The molecule has 1 aromatic carbocycles. The van der Waals surface area contributed by atoms with Crippen LogP contribution < -0.4 is 5.32 Å². The van der Waals surface area contributed by atoms with Crippen LogP contribution in [0, 0.1) is 5.82 Å². The molecule has 0 radical (unpaired) electrons. The van der Waals surface area contributed by atoms with Gasteiger partial charge < -0.3 is 10.4 Å². The Morgan fingerprint density at radius 2 is 2.15 bits per heavy atom. The molecule has 3 aromatic rings. The Labute approximate surface area is 162 Å². The molecule has 0 saturated carbocycles. The van der Waals surface area contributed by atoms with Crippen LogP contribution in [0.1, 0.15) is 25.3 Å². The summed E-state index contributed by atoms with van der Waals surface area (Å²) in [7, 11) is 0. The lowest BCUT2D eigenvalue weighted by Gasteiger charge is -2.21. The fourth-order valence-electron chi connectivity index (χ4n) is 3.07. The van der Waals surface area contributed by atoms with E-state index in [1.165, 1.54) is 18.5 Å². The number of hydrogen-bond acceptors (Lipinski definition) is 5. The third-order valence-corrected chi connectivity index (χ3v) is 4.58. The molecule has 0 bridgehead atoms. The molecule has 0 saturated heterocycles. The Morgan fingerprint density at radius 1 is 1.30 bits per heavy atom. The number of hydrogen-bond donors (Lipinski definition) is 2. The van der Waals surface area contributed by atoms with Gasteiger partial charge in [-0.25, -0.2) is 13.9 Å². The van der Waals surface area contributed by atoms with Crippen molar-refractivity contribution in [3.05, 3.63) is 53.2 Å². The summed E-state index contributed by atoms with van der Waals surface area (Å²) in [5.74, 6) is 0.170. The van der Waals surface area contributed by atoms with Crippen molar-refractivity contribution in [3.63, 3.8) is 0 Å². The van der Waals surface area contributed by atoms with Crippen LogP contribution in [0.15, 0.2) is 36.8 Å². The van der Waals surface area contributed by atoms with E-state index in [4.69, 9.17) is 16.7 Å². The number of nitrogens with one attached hydrogen (secondary N) is 1. The topological polar surface area (TPSA) is 65.7 Å². The zero-order chi connectivity index (χ0) is 19.2. The van der Waals surface area contributed by atoms with Gasteiger partial charge in [0.25, 0.3) is 0 Å². The molecule has 0 aliphatic heterocycles. The van der Waals surface area contributed by atoms with Crippen molar-refractivity contribution < 1.29 is 9.50 Å². The van der Waals surface area contributed by atoms with Crippen molar-refractivity contribution in [2.45, 2.75) is 26.3 Å². The molecule has 0 amide bonds. The van der Waals surface area contributed by atoms with Crippen molar-refractivity contribution in [2.75, 3.05) is 25.0 Å². The van der Waals surface area contributed by atoms with Crippen molar-refractivity contribution in [2.24, 2.45) is 0 Å². The highest BCUT2D eigenvalue weighted by molar-refractivity contribution is 6.31. The SMILES string of the molecule is CCCN(CCCO)Cc1ccn2ncnc(Nc3ccc(F)c(Cl)c3)c12. The first-order valence-corrected chi connectivity index (χ1v) is 9.36. The molecular weight excluding hydrogens is 369 g/mol. The van der Waals surface area contributed by atoms with Crippen LogP contribution in [0.5, 0.6) is 0 Å². The van der Waals surface area contributed by atoms with Gasteiger partial charge in [-0.1, -0.05) is 18.5 Å². The van der Waals surface area contributed by atoms with E-state index >= 15 is 0 Å². The second-order valence-corrected chi connectivity index (χ2v) is 6.76. The summed E-state index contributed by atoms with van der Waals surface area (Å²) in [4.78, 5) is 6.67. The maximum atomic E-state index is 13.4. The summed E-state index contributed by atoms with van der Waals surface area (Å²) >= 11 is 5.88. The van der Waals surface area contributed by atoms with Gasteiger partial charge in [0, 0.05) is 31.6 Å². The first kappa shape index (κ1) is 19.5. The Balaban J connectivity index is 1.90. The molecule has 0 fully saturated rings. The lowest BCUT2D eigenvalue weighted by atomic mass is 10.2. The molecule has 27 heavy (non-hydrogen) atoms. The lowest BCUT2D eigenvalue weighted by Crippen LogP contribution is -2.26. The number of halogens is 2. The van der Waals surface area contributed by atoms with Crippen LogP contribution >= 0.6 is 11.6 Å². The quantitative estimate of drug-likeness (QED) is 0.579. The lowest BCUT2D eigenvalue weighted by molar-refractivity contribution is 0.219. The van der Waals surface area contributed by atoms with E-state index in [1.54, 1.807) is 10.6 Å². The smallest absolute Gasteiger partial charge is 0.158 e. The van der Waals surface area contributed by atoms with Gasteiger partial charge in [0.2, 0.25) is 0 Å². The number of benzene rings is 1. The molecule has 0 aliphatic carbocycles. The van der Waals surface area contributed by atoms with Crippen LogP contribution in [0.4, 0.5) is 15.9 Å². The maximum Gasteiger partial charge on any atom is 0.158 e. The normalized spacial score (nSPS) is 11.4. The van der Waals surface area contributed by atoms with Gasteiger partial charge in [-0.05, 0) is 49.2 Å². The van der Waals surface area contributed by atoms with Crippen LogP contribution in [-0.4, -0.2) is 44.3 Å². The fraction of sp³-hybridized carbons (Fsp3) is 0.368. The molecule has 0 aliphatic rings. The Bertz CT molecular complexity index is 901. The van der Waals surface area contributed by atoms with Gasteiger partial charge in [-0.2, -0.15) is 5.10 Å². The fourth-order valence-corrected chi connectivity index (χ4v) is 3.25. The summed E-state index contributed by atoms with van der Waals surface area (Å²) in [6, 6.07) is 6.49. The monoisotopic (exact) mass is 391 g/mol. The second kappa shape index (κ2) is 9.12. The molecule has 3 rings (SSSR count). The van der Waals surface area contributed by atoms with E-state index in [2.05, 4.69) is 27.2 Å². The Morgan fingerprint density at radius 3 is 2.89 bits per heavy atom. The Hall–Kier alpha value is -2.22. The van der Waals surface area contributed by atoms with E-state index in [9.17, 15) is 4.39 Å². The molecule has 0 unspecified atom stereocenters. The van der Waals surface area contributed by atoms with Crippen molar-refractivity contribution in [1.82, 2.24) is 19.5 Å². The van der Waals surface area contributed by atoms with Crippen molar-refractivity contribution in [3.8, 4) is 0 Å². The van der Waals surface area contributed by atoms with Gasteiger partial charge in [0.05, 0.1) is 5.02 Å². The highest BCUT2D eigenvalue weighted by atomic mass is 35.5. The number of rotatable bonds is 9. The van der Waals surface area contributed by atoms with Crippen LogP contribution in [0.2, 0.25) is 5.02 Å². The minimum absolute atomic E-state index is 0.0545. The zero-order valence-electron chi connectivity index (χ0n) is 15.2. The van der Waals surface area contributed by atoms with E-state index in [1.807, 2.05) is 12.3 Å². The predicted molar refractivity (Wildman–Crippen MR) is 105 cm³/mol. The highest BCUT2D eigenvalue weighted by Crippen LogP contribution is 2.26. The first-order valence-electron chi connectivity index (χ1n) is 8.99. The van der Waals surface area contributed by atoms with Crippen LogP contribution in [0.25, 0.3) is 5.52 Å². The second-order valence-electron chi connectivity index (χ2n) is 6.35. The molecule has 0 atom stereocenters. The molecule has 2 aromatic heterocycles. The minimum atomic E-state index is -0.461. The maximum absolute atomic E-state index is 13.4. The summed E-state index contributed by atoms with van der Waals surface area (Å²) in [5, 5.41) is 16.7. The summed E-state index contributed by atoms with van der Waals surface area (Å²) in [6.07, 6.45) is 5.14. The number of anilines is 2. The van der Waals surface area contributed by atoms with Gasteiger partial charge in [0.15, 0.2) is 5.82 Å². The highest BCUT2D eigenvalue weighted by Gasteiger charge is 2.14. The average Bonchev–Trinajstić information content (AvgIpc) is 3.07. The molecular formula is C19H23ClFN5O. The number of aliphatic hydroxyl groups excluding tert-OH is 1. The van der Waals surface area contributed by atoms with Crippen molar-refractivity contribution >= 4 is 28.6 Å². The van der Waals surface area contributed by atoms with E-state index < -0.39 is 5.82 Å². The van der Waals surface area contributed by atoms with Crippen LogP contribution in [0.3, 0.4) is 0 Å². The molecule has 8 heteroatoms. The third-order valence-electron chi connectivity index (χ3n) is 4.29. The molecule has 6 nitrogen and oxygen atoms in total. The van der Waals surface area contributed by atoms with Crippen molar-refractivity contribution in [1.29, 1.82) is 0 Å². The summed E-state index contributed by atoms with van der Waals surface area (Å²) in [6.45, 7) is 4.82. The van der Waals surface area contributed by atoms with Gasteiger partial charge in [-0.3, -0.25) is 4.90 Å². The first-order chi connectivity index (χ1) is 13.1. The average molecular weight is 392 g/mol. The number of aromatic nitrogens is 3. The molecule has 144 valence electrons.